The van der Waals surface area contributed by atoms with Crippen LogP contribution in [0.3, 0.4) is 0 Å². The summed E-state index contributed by atoms with van der Waals surface area (Å²) in [4.78, 5) is 0. The molecule has 0 fully saturated rings. The van der Waals surface area contributed by atoms with E-state index in [0.717, 1.165) is 5.69 Å². The Balaban J connectivity index is 2.19. The molecule has 0 spiro atoms. The molecule has 0 aliphatic heterocycles. The van der Waals surface area contributed by atoms with E-state index in [4.69, 9.17) is 21.1 Å². The molecule has 0 amide bonds. The summed E-state index contributed by atoms with van der Waals surface area (Å²) >= 11 is 5.92. The van der Waals surface area contributed by atoms with Gasteiger partial charge in [0.1, 0.15) is 17.3 Å². The van der Waals surface area contributed by atoms with Crippen molar-refractivity contribution in [3.05, 3.63) is 52.8 Å². The second-order valence-electron chi connectivity index (χ2n) is 4.13. The van der Waals surface area contributed by atoms with Crippen molar-refractivity contribution in [2.24, 2.45) is 0 Å². The predicted octanol–water partition coefficient (Wildman–Crippen LogP) is 4.11. The van der Waals surface area contributed by atoms with Crippen molar-refractivity contribution in [1.82, 2.24) is 0 Å². The van der Waals surface area contributed by atoms with Gasteiger partial charge in [0.15, 0.2) is 0 Å². The molecule has 3 nitrogen and oxygen atoms in total. The third-order valence-electron chi connectivity index (χ3n) is 2.91. The minimum Gasteiger partial charge on any atom is -0.497 e. The van der Waals surface area contributed by atoms with Crippen LogP contribution in [0.1, 0.15) is 5.56 Å². The van der Waals surface area contributed by atoms with Gasteiger partial charge in [0.25, 0.3) is 0 Å². The maximum Gasteiger partial charge on any atom is 0.142 e. The highest BCUT2D eigenvalue weighted by Gasteiger charge is 2.08. The van der Waals surface area contributed by atoms with E-state index in [1.807, 2.05) is 6.07 Å². The van der Waals surface area contributed by atoms with Crippen molar-refractivity contribution < 1.29 is 13.9 Å². The fourth-order valence-corrected chi connectivity index (χ4v) is 2.02. The van der Waals surface area contributed by atoms with Crippen molar-refractivity contribution >= 4 is 17.3 Å². The van der Waals surface area contributed by atoms with Gasteiger partial charge in [-0.25, -0.2) is 4.39 Å². The first-order valence-electron chi connectivity index (χ1n) is 6.04. The van der Waals surface area contributed by atoms with E-state index in [-0.39, 0.29) is 5.02 Å². The highest BCUT2D eigenvalue weighted by molar-refractivity contribution is 6.31. The number of rotatable bonds is 5. The van der Waals surface area contributed by atoms with Gasteiger partial charge in [0.2, 0.25) is 0 Å². The Labute approximate surface area is 122 Å². The molecule has 20 heavy (non-hydrogen) atoms. The number of nitrogens with one attached hydrogen (secondary N) is 1. The number of benzene rings is 2. The van der Waals surface area contributed by atoms with Crippen LogP contribution in [-0.2, 0) is 6.54 Å². The minimum absolute atomic E-state index is 0.127. The van der Waals surface area contributed by atoms with Crippen LogP contribution in [0.25, 0.3) is 0 Å². The Morgan fingerprint density at radius 1 is 1.15 bits per heavy atom. The zero-order valence-corrected chi connectivity index (χ0v) is 12.0. The molecule has 2 aromatic rings. The summed E-state index contributed by atoms with van der Waals surface area (Å²) in [6.45, 7) is 0.389. The molecule has 0 saturated heterocycles. The smallest absolute Gasteiger partial charge is 0.142 e. The Kier molecular flexibility index (Phi) is 4.69. The van der Waals surface area contributed by atoms with Gasteiger partial charge in [-0.15, -0.1) is 0 Å². The highest BCUT2D eigenvalue weighted by Crippen LogP contribution is 2.30. The summed E-state index contributed by atoms with van der Waals surface area (Å²) in [5, 5.41) is 3.29. The largest absolute Gasteiger partial charge is 0.497 e. The molecule has 0 aliphatic rings. The molecule has 1 N–H and O–H groups in total. The van der Waals surface area contributed by atoms with Crippen LogP contribution in [0, 0.1) is 5.82 Å². The Hall–Kier alpha value is -1.94. The maximum atomic E-state index is 13.4. The van der Waals surface area contributed by atoms with Gasteiger partial charge in [-0.3, -0.25) is 0 Å². The molecular formula is C15H15ClFNO2. The van der Waals surface area contributed by atoms with Crippen molar-refractivity contribution in [2.75, 3.05) is 19.5 Å². The lowest BCUT2D eigenvalue weighted by Gasteiger charge is -2.13. The summed E-state index contributed by atoms with van der Waals surface area (Å²) < 4.78 is 23.8. The number of hydrogen-bond donors (Lipinski definition) is 1. The first kappa shape index (κ1) is 14.5. The van der Waals surface area contributed by atoms with Crippen LogP contribution in [0.2, 0.25) is 5.02 Å². The van der Waals surface area contributed by atoms with E-state index in [9.17, 15) is 4.39 Å². The van der Waals surface area contributed by atoms with Gasteiger partial charge in [-0.05, 0) is 23.8 Å². The van der Waals surface area contributed by atoms with Crippen molar-refractivity contribution in [2.45, 2.75) is 6.54 Å². The lowest BCUT2D eigenvalue weighted by Crippen LogP contribution is -2.03. The average molecular weight is 296 g/mol. The third-order valence-corrected chi connectivity index (χ3v) is 3.33. The molecule has 106 valence electrons. The van der Waals surface area contributed by atoms with Gasteiger partial charge in [0.05, 0.1) is 24.9 Å². The van der Waals surface area contributed by atoms with Crippen LogP contribution in [0.5, 0.6) is 11.5 Å². The monoisotopic (exact) mass is 295 g/mol. The number of methoxy groups -OCH3 is 2. The quantitative estimate of drug-likeness (QED) is 0.900. The van der Waals surface area contributed by atoms with E-state index in [1.165, 1.54) is 6.07 Å². The summed E-state index contributed by atoms with van der Waals surface area (Å²) in [5.74, 6) is 0.959. The number of ether oxygens (including phenoxy) is 2. The third kappa shape index (κ3) is 3.14. The lowest BCUT2D eigenvalue weighted by molar-refractivity contribution is 0.404. The summed E-state index contributed by atoms with van der Waals surface area (Å²) in [5.41, 5.74) is 1.43. The second-order valence-corrected chi connectivity index (χ2v) is 4.51. The summed E-state index contributed by atoms with van der Waals surface area (Å²) in [6.07, 6.45) is 0. The maximum absolute atomic E-state index is 13.4. The van der Waals surface area contributed by atoms with Crippen LogP contribution >= 0.6 is 11.6 Å². The van der Waals surface area contributed by atoms with Crippen LogP contribution in [0.15, 0.2) is 36.4 Å². The van der Waals surface area contributed by atoms with Crippen molar-refractivity contribution in [1.29, 1.82) is 0 Å². The minimum atomic E-state index is -0.427. The first-order chi connectivity index (χ1) is 9.65. The van der Waals surface area contributed by atoms with E-state index in [1.54, 1.807) is 38.5 Å². The molecule has 0 atom stereocenters. The number of hydrogen-bond acceptors (Lipinski definition) is 3. The molecular weight excluding hydrogens is 281 g/mol. The topological polar surface area (TPSA) is 30.5 Å². The molecule has 2 rings (SSSR count). The zero-order chi connectivity index (χ0) is 14.5. The van der Waals surface area contributed by atoms with Crippen molar-refractivity contribution in [3.8, 4) is 11.5 Å². The predicted molar refractivity (Wildman–Crippen MR) is 78.3 cm³/mol. The van der Waals surface area contributed by atoms with Crippen LogP contribution < -0.4 is 14.8 Å². The number of anilines is 1. The molecule has 0 aliphatic carbocycles. The zero-order valence-electron chi connectivity index (χ0n) is 11.2. The molecule has 0 unspecified atom stereocenters. The normalized spacial score (nSPS) is 10.2. The molecule has 0 radical (unpaired) electrons. The van der Waals surface area contributed by atoms with Gasteiger partial charge in [0, 0.05) is 12.6 Å². The van der Waals surface area contributed by atoms with Gasteiger partial charge in [-0.1, -0.05) is 23.7 Å². The Bertz CT molecular complexity index is 604. The molecule has 0 bridgehead atoms. The van der Waals surface area contributed by atoms with Crippen LogP contribution in [0.4, 0.5) is 10.1 Å². The fourth-order valence-electron chi connectivity index (χ4n) is 1.83. The molecule has 0 aromatic heterocycles. The molecule has 5 heteroatoms. The van der Waals surface area contributed by atoms with Crippen molar-refractivity contribution in [3.63, 3.8) is 0 Å². The summed E-state index contributed by atoms with van der Waals surface area (Å²) in [7, 11) is 3.18. The highest BCUT2D eigenvalue weighted by atomic mass is 35.5. The van der Waals surface area contributed by atoms with E-state index < -0.39 is 5.82 Å². The number of halogens is 2. The fraction of sp³-hybridized carbons (Fsp3) is 0.200. The van der Waals surface area contributed by atoms with Gasteiger partial charge >= 0.3 is 0 Å². The first-order valence-corrected chi connectivity index (χ1v) is 6.42. The molecule has 0 saturated carbocycles. The Morgan fingerprint density at radius 3 is 2.65 bits per heavy atom. The average Bonchev–Trinajstić information content (AvgIpc) is 2.48. The molecule has 2 aromatic carbocycles. The SMILES string of the molecule is COc1ccc(OC)c(NCc2cccc(F)c2Cl)c1. The Morgan fingerprint density at radius 2 is 1.95 bits per heavy atom. The molecule has 0 heterocycles. The van der Waals surface area contributed by atoms with E-state index >= 15 is 0 Å². The summed E-state index contributed by atoms with van der Waals surface area (Å²) in [6, 6.07) is 10.1. The second kappa shape index (κ2) is 6.48. The van der Waals surface area contributed by atoms with E-state index in [0.29, 0.717) is 23.6 Å². The standard InChI is InChI=1S/C15H15ClFNO2/c1-19-11-6-7-14(20-2)13(8-11)18-9-10-4-3-5-12(17)15(10)16/h3-8,18H,9H2,1-2H3. The van der Waals surface area contributed by atoms with Gasteiger partial charge in [-0.2, -0.15) is 0 Å². The van der Waals surface area contributed by atoms with Crippen LogP contribution in [-0.4, -0.2) is 14.2 Å². The van der Waals surface area contributed by atoms with Gasteiger partial charge < -0.3 is 14.8 Å². The van der Waals surface area contributed by atoms with E-state index in [2.05, 4.69) is 5.32 Å². The lowest BCUT2D eigenvalue weighted by atomic mass is 10.2.